The molecule has 0 amide bonds. The summed E-state index contributed by atoms with van der Waals surface area (Å²) in [4.78, 5) is 4.41. The lowest BCUT2D eigenvalue weighted by atomic mass is 10.1. The first-order chi connectivity index (χ1) is 27.7. The summed E-state index contributed by atoms with van der Waals surface area (Å²) in [5.74, 6) is 0. The molecule has 4 aromatic carbocycles. The van der Waals surface area contributed by atoms with Gasteiger partial charge in [0.05, 0.1) is 0 Å². The minimum absolute atomic E-state index is 1.02. The number of benzene rings is 4. The zero-order valence-corrected chi connectivity index (χ0v) is 32.3. The third-order valence-corrected chi connectivity index (χ3v) is 8.39. The average Bonchev–Trinajstić information content (AvgIpc) is 3.21. The molecular formula is C54H50N2. The van der Waals surface area contributed by atoms with Crippen molar-refractivity contribution in [1.82, 2.24) is 0 Å². The average molecular weight is 727 g/mol. The summed E-state index contributed by atoms with van der Waals surface area (Å²) >= 11 is 0. The second-order valence-corrected chi connectivity index (χ2v) is 12.9. The van der Waals surface area contributed by atoms with Gasteiger partial charge in [-0.05, 0) is 96.8 Å². The van der Waals surface area contributed by atoms with Crippen LogP contribution in [0.25, 0.3) is 12.2 Å². The fraction of sp³-hybridized carbons (Fsp3) is 0.0370. The molecule has 0 spiro atoms. The molecule has 5 rings (SSSR count). The Kier molecular flexibility index (Phi) is 16.8. The van der Waals surface area contributed by atoms with E-state index in [2.05, 4.69) is 206 Å². The maximum Gasteiger partial charge on any atom is 0.0458 e. The molecule has 2 heteroatoms. The molecule has 0 saturated carbocycles. The van der Waals surface area contributed by atoms with E-state index < -0.39 is 0 Å². The molecule has 1 aliphatic rings. The first kappa shape index (κ1) is 40.0. The summed E-state index contributed by atoms with van der Waals surface area (Å²) in [6, 6.07) is 37.7. The van der Waals surface area contributed by atoms with Crippen LogP contribution in [-0.4, -0.2) is 0 Å². The number of allylic oxidation sites excluding steroid dienone is 22. The van der Waals surface area contributed by atoms with Crippen LogP contribution in [-0.2, 0) is 0 Å². The maximum atomic E-state index is 2.21. The highest BCUT2D eigenvalue weighted by Crippen LogP contribution is 2.24. The van der Waals surface area contributed by atoms with E-state index in [4.69, 9.17) is 0 Å². The molecule has 2 nitrogen and oxygen atoms in total. The van der Waals surface area contributed by atoms with Gasteiger partial charge in [-0.15, -0.1) is 0 Å². The summed E-state index contributed by atoms with van der Waals surface area (Å²) in [6.07, 6.45) is 54.0. The van der Waals surface area contributed by atoms with Crippen LogP contribution < -0.4 is 9.80 Å². The fourth-order valence-corrected chi connectivity index (χ4v) is 5.62. The van der Waals surface area contributed by atoms with Crippen molar-refractivity contribution in [3.63, 3.8) is 0 Å². The lowest BCUT2D eigenvalue weighted by Crippen LogP contribution is -2.14. The van der Waals surface area contributed by atoms with E-state index in [-0.39, 0.29) is 0 Å². The summed E-state index contributed by atoms with van der Waals surface area (Å²) < 4.78 is 0. The van der Waals surface area contributed by atoms with Crippen LogP contribution >= 0.6 is 0 Å². The van der Waals surface area contributed by atoms with Gasteiger partial charge in [-0.3, -0.25) is 0 Å². The van der Waals surface area contributed by atoms with Gasteiger partial charge in [0.25, 0.3) is 0 Å². The Labute approximate surface area is 334 Å². The van der Waals surface area contributed by atoms with Crippen molar-refractivity contribution < 1.29 is 0 Å². The van der Waals surface area contributed by atoms with Gasteiger partial charge < -0.3 is 9.80 Å². The SMILES string of the molecule is Cc1cccc(N(\C=C/C=C/C=C\C=C/c2ccccc2)C2=C/C=C/C=C/C=C(N(/C=C/C=C/C=C\C=C/c3ccccc3)c3cccc(C)c3)\C=C/C=C\2)c1. The van der Waals surface area contributed by atoms with Crippen LogP contribution in [0.4, 0.5) is 11.4 Å². The van der Waals surface area contributed by atoms with Crippen LogP contribution in [0.2, 0.25) is 0 Å². The standard InChI is InChI=1S/C54H50N2/c1-47-29-27-41-53(45-47)55(43-25-11-5-3-7-15-31-49-33-17-13-18-34-49)51-37-21-9-10-22-38-52(40-24-23-39-51)56(54-42-28-30-48(2)46-54)44-26-12-6-4-8-16-32-50-35-19-14-20-36-50/h3-46H,1-2H3/b7-3-,8-4-,10-9?,11-5+,12-6+,21-9+,22-10+,24-23?,31-15-,32-16-,37-21?,38-22?,39-23-,40-24-,43-25-,44-26+,51-37+,51-39?,52-38+,52-40?. The van der Waals surface area contributed by atoms with E-state index in [1.165, 1.54) is 22.3 Å². The van der Waals surface area contributed by atoms with Crippen LogP contribution in [0, 0.1) is 13.8 Å². The van der Waals surface area contributed by atoms with E-state index in [1.807, 2.05) is 85.0 Å². The van der Waals surface area contributed by atoms with E-state index in [1.54, 1.807) is 0 Å². The predicted octanol–water partition coefficient (Wildman–Crippen LogP) is 14.3. The van der Waals surface area contributed by atoms with Gasteiger partial charge in [0, 0.05) is 35.2 Å². The Balaban J connectivity index is 1.34. The van der Waals surface area contributed by atoms with Gasteiger partial charge in [-0.25, -0.2) is 0 Å². The molecule has 56 heavy (non-hydrogen) atoms. The highest BCUT2D eigenvalue weighted by Gasteiger charge is 2.08. The molecule has 0 fully saturated rings. The topological polar surface area (TPSA) is 6.48 Å². The number of rotatable bonds is 14. The van der Waals surface area contributed by atoms with Gasteiger partial charge in [0.15, 0.2) is 0 Å². The van der Waals surface area contributed by atoms with Crippen molar-refractivity contribution in [3.8, 4) is 0 Å². The summed E-state index contributed by atoms with van der Waals surface area (Å²) in [5.41, 5.74) is 8.97. The van der Waals surface area contributed by atoms with Gasteiger partial charge >= 0.3 is 0 Å². The third-order valence-electron chi connectivity index (χ3n) is 8.39. The molecule has 0 aliphatic heterocycles. The van der Waals surface area contributed by atoms with Crippen molar-refractivity contribution in [1.29, 1.82) is 0 Å². The third kappa shape index (κ3) is 14.3. The molecule has 0 atom stereocenters. The highest BCUT2D eigenvalue weighted by atomic mass is 15.1. The lowest BCUT2D eigenvalue weighted by Gasteiger charge is -2.23. The normalized spacial score (nSPS) is 18.1. The Morgan fingerprint density at radius 2 is 0.750 bits per heavy atom. The lowest BCUT2D eigenvalue weighted by molar-refractivity contribution is 1.19. The minimum Gasteiger partial charge on any atom is -0.317 e. The summed E-state index contributed by atoms with van der Waals surface area (Å²) in [5, 5.41) is 0. The molecule has 1 aliphatic carbocycles. The molecule has 276 valence electrons. The zero-order chi connectivity index (χ0) is 38.9. The first-order valence-electron chi connectivity index (χ1n) is 18.9. The Morgan fingerprint density at radius 3 is 1.16 bits per heavy atom. The number of hydrogen-bond acceptors (Lipinski definition) is 2. The Morgan fingerprint density at radius 1 is 0.357 bits per heavy atom. The molecule has 0 heterocycles. The van der Waals surface area contributed by atoms with Crippen molar-refractivity contribution in [3.05, 3.63) is 289 Å². The monoisotopic (exact) mass is 726 g/mol. The van der Waals surface area contributed by atoms with Gasteiger partial charge in [-0.1, -0.05) is 194 Å². The molecule has 0 unspecified atom stereocenters. The largest absolute Gasteiger partial charge is 0.317 e. The molecule has 4 aromatic rings. The van der Waals surface area contributed by atoms with E-state index >= 15 is 0 Å². The van der Waals surface area contributed by atoms with Crippen molar-refractivity contribution >= 4 is 23.5 Å². The predicted molar refractivity (Wildman–Crippen MR) is 246 cm³/mol. The van der Waals surface area contributed by atoms with Crippen LogP contribution in [0.15, 0.2) is 267 Å². The van der Waals surface area contributed by atoms with Crippen LogP contribution in [0.3, 0.4) is 0 Å². The van der Waals surface area contributed by atoms with Crippen LogP contribution in [0.5, 0.6) is 0 Å². The van der Waals surface area contributed by atoms with E-state index in [9.17, 15) is 0 Å². The Hall–Kier alpha value is -7.16. The van der Waals surface area contributed by atoms with Crippen molar-refractivity contribution in [2.75, 3.05) is 9.80 Å². The number of nitrogens with zero attached hydrogens (tertiary/aromatic N) is 2. The zero-order valence-electron chi connectivity index (χ0n) is 32.3. The van der Waals surface area contributed by atoms with Gasteiger partial charge in [-0.2, -0.15) is 0 Å². The summed E-state index contributed by atoms with van der Waals surface area (Å²) in [7, 11) is 0. The van der Waals surface area contributed by atoms with E-state index in [0.29, 0.717) is 0 Å². The fourth-order valence-electron chi connectivity index (χ4n) is 5.62. The molecule has 0 radical (unpaired) electrons. The van der Waals surface area contributed by atoms with Gasteiger partial charge in [0.2, 0.25) is 0 Å². The maximum absolute atomic E-state index is 2.21. The smallest absolute Gasteiger partial charge is 0.0458 e. The second-order valence-electron chi connectivity index (χ2n) is 12.9. The van der Waals surface area contributed by atoms with Crippen molar-refractivity contribution in [2.45, 2.75) is 13.8 Å². The first-order valence-corrected chi connectivity index (χ1v) is 18.9. The number of hydrogen-bond donors (Lipinski definition) is 0. The van der Waals surface area contributed by atoms with Crippen LogP contribution in [0.1, 0.15) is 22.3 Å². The molecule has 0 bridgehead atoms. The molecule has 0 aromatic heterocycles. The highest BCUT2D eigenvalue weighted by molar-refractivity contribution is 5.62. The quantitative estimate of drug-likeness (QED) is 0.119. The Bertz CT molecular complexity index is 2100. The molecular weight excluding hydrogens is 677 g/mol. The van der Waals surface area contributed by atoms with Gasteiger partial charge in [0.1, 0.15) is 0 Å². The minimum atomic E-state index is 1.02. The summed E-state index contributed by atoms with van der Waals surface area (Å²) in [6.45, 7) is 4.24. The van der Waals surface area contributed by atoms with E-state index in [0.717, 1.165) is 22.8 Å². The van der Waals surface area contributed by atoms with Crippen molar-refractivity contribution in [2.24, 2.45) is 0 Å². The second kappa shape index (κ2) is 23.5. The number of anilines is 2. The number of aryl methyl sites for hydroxylation is 2. The molecule has 0 saturated heterocycles. The molecule has 0 N–H and O–H groups in total.